The number of rotatable bonds is 3. The van der Waals surface area contributed by atoms with Gasteiger partial charge in [0.25, 0.3) is 0 Å². The van der Waals surface area contributed by atoms with E-state index in [-0.39, 0.29) is 0 Å². The predicted octanol–water partition coefficient (Wildman–Crippen LogP) is 0.974. The minimum atomic E-state index is 0.631. The first-order valence-corrected chi connectivity index (χ1v) is 5.12. The molecule has 1 rings (SSSR count). The Labute approximate surface area is 80.7 Å². The lowest BCUT2D eigenvalue weighted by molar-refractivity contribution is 0.344. The quantitative estimate of drug-likeness (QED) is 0.659. The van der Waals surface area contributed by atoms with Gasteiger partial charge in [-0.3, -0.25) is 0 Å². The Morgan fingerprint density at radius 3 is 3.08 bits per heavy atom. The smallest absolute Gasteiger partial charge is 0.0635 e. The van der Waals surface area contributed by atoms with Crippen LogP contribution in [0.1, 0.15) is 25.7 Å². The van der Waals surface area contributed by atoms with Crippen LogP contribution in [0.4, 0.5) is 0 Å². The number of nitriles is 1. The van der Waals surface area contributed by atoms with Crippen LogP contribution in [-0.2, 0) is 0 Å². The summed E-state index contributed by atoms with van der Waals surface area (Å²) in [6.45, 7) is 3.26. The molecular weight excluding hydrogens is 162 g/mol. The molecule has 0 aliphatic carbocycles. The number of nitrogens with zero attached hydrogens (tertiary/aromatic N) is 2. The summed E-state index contributed by atoms with van der Waals surface area (Å²) in [5.41, 5.74) is 0. The number of hydrogen-bond donors (Lipinski definition) is 1. The molecule has 1 unspecified atom stereocenters. The van der Waals surface area contributed by atoms with Crippen molar-refractivity contribution in [3.05, 3.63) is 0 Å². The summed E-state index contributed by atoms with van der Waals surface area (Å²) in [7, 11) is 2.18. The zero-order chi connectivity index (χ0) is 9.52. The fourth-order valence-corrected chi connectivity index (χ4v) is 1.78. The minimum absolute atomic E-state index is 0.631. The Morgan fingerprint density at radius 2 is 2.31 bits per heavy atom. The standard InChI is InChI=1S/C10H19N3/c1-13-8-2-4-10(5-9-13)12-7-3-6-11/h10,12H,2-5,7-9H2,1H3. The van der Waals surface area contributed by atoms with E-state index in [0.717, 1.165) is 6.54 Å². The van der Waals surface area contributed by atoms with E-state index < -0.39 is 0 Å². The van der Waals surface area contributed by atoms with Crippen LogP contribution < -0.4 is 5.32 Å². The molecule has 0 saturated carbocycles. The third-order valence-electron chi connectivity index (χ3n) is 2.62. The molecule has 1 heterocycles. The second-order valence-corrected chi connectivity index (χ2v) is 3.79. The highest BCUT2D eigenvalue weighted by atomic mass is 15.1. The van der Waals surface area contributed by atoms with Gasteiger partial charge in [0.05, 0.1) is 6.07 Å². The molecule has 1 fully saturated rings. The van der Waals surface area contributed by atoms with Crippen molar-refractivity contribution >= 4 is 0 Å². The van der Waals surface area contributed by atoms with E-state index in [9.17, 15) is 0 Å². The Hall–Kier alpha value is -0.590. The lowest BCUT2D eigenvalue weighted by atomic mass is 10.1. The van der Waals surface area contributed by atoms with Crippen molar-refractivity contribution in [2.75, 3.05) is 26.7 Å². The first-order valence-electron chi connectivity index (χ1n) is 5.12. The van der Waals surface area contributed by atoms with E-state index in [4.69, 9.17) is 5.26 Å². The third-order valence-corrected chi connectivity index (χ3v) is 2.62. The molecule has 3 heteroatoms. The summed E-state index contributed by atoms with van der Waals surface area (Å²) >= 11 is 0. The van der Waals surface area contributed by atoms with Crippen LogP contribution in [0.25, 0.3) is 0 Å². The second kappa shape index (κ2) is 5.95. The van der Waals surface area contributed by atoms with Crippen molar-refractivity contribution in [1.82, 2.24) is 10.2 Å². The average molecular weight is 181 g/mol. The predicted molar refractivity (Wildman–Crippen MR) is 53.4 cm³/mol. The fraction of sp³-hybridized carbons (Fsp3) is 0.900. The third kappa shape index (κ3) is 4.25. The molecule has 1 aliphatic heterocycles. The average Bonchev–Trinajstić information content (AvgIpc) is 2.32. The maximum Gasteiger partial charge on any atom is 0.0635 e. The van der Waals surface area contributed by atoms with E-state index in [1.807, 2.05) is 0 Å². The van der Waals surface area contributed by atoms with Gasteiger partial charge in [-0.05, 0) is 39.4 Å². The van der Waals surface area contributed by atoms with Gasteiger partial charge in [0.15, 0.2) is 0 Å². The first-order chi connectivity index (χ1) is 6.33. The number of nitrogens with one attached hydrogen (secondary N) is 1. The van der Waals surface area contributed by atoms with E-state index in [1.165, 1.54) is 32.4 Å². The maximum atomic E-state index is 8.40. The molecule has 0 radical (unpaired) electrons. The van der Waals surface area contributed by atoms with Crippen LogP contribution in [0.5, 0.6) is 0 Å². The first kappa shape index (κ1) is 10.5. The maximum absolute atomic E-state index is 8.40. The highest BCUT2D eigenvalue weighted by molar-refractivity contribution is 4.76. The summed E-state index contributed by atoms with van der Waals surface area (Å²) in [4.78, 5) is 2.38. The van der Waals surface area contributed by atoms with Crippen molar-refractivity contribution in [2.45, 2.75) is 31.7 Å². The molecule has 1 saturated heterocycles. The molecule has 0 amide bonds. The molecule has 13 heavy (non-hydrogen) atoms. The zero-order valence-corrected chi connectivity index (χ0v) is 8.42. The molecule has 3 nitrogen and oxygen atoms in total. The molecule has 0 bridgehead atoms. The van der Waals surface area contributed by atoms with Crippen LogP contribution in [0.3, 0.4) is 0 Å². The molecule has 0 aromatic rings. The van der Waals surface area contributed by atoms with Gasteiger partial charge >= 0.3 is 0 Å². The Morgan fingerprint density at radius 1 is 1.46 bits per heavy atom. The van der Waals surface area contributed by atoms with Gasteiger partial charge in [-0.1, -0.05) is 0 Å². The highest BCUT2D eigenvalue weighted by Crippen LogP contribution is 2.09. The topological polar surface area (TPSA) is 39.1 Å². The Balaban J connectivity index is 2.15. The SMILES string of the molecule is CN1CCCC(NCCC#N)CC1. The Bertz CT molecular complexity index is 173. The van der Waals surface area contributed by atoms with Crippen molar-refractivity contribution in [2.24, 2.45) is 0 Å². The van der Waals surface area contributed by atoms with Crippen LogP contribution in [-0.4, -0.2) is 37.6 Å². The highest BCUT2D eigenvalue weighted by Gasteiger charge is 2.13. The molecule has 0 aromatic heterocycles. The molecule has 0 aromatic carbocycles. The normalized spacial score (nSPS) is 25.1. The Kier molecular flexibility index (Phi) is 4.81. The van der Waals surface area contributed by atoms with Crippen molar-refractivity contribution in [3.8, 4) is 6.07 Å². The van der Waals surface area contributed by atoms with Gasteiger partial charge in [-0.15, -0.1) is 0 Å². The lowest BCUT2D eigenvalue weighted by Crippen LogP contribution is -2.30. The summed E-state index contributed by atoms with van der Waals surface area (Å²) in [6.07, 6.45) is 4.39. The summed E-state index contributed by atoms with van der Waals surface area (Å²) in [5, 5.41) is 11.8. The van der Waals surface area contributed by atoms with Gasteiger partial charge < -0.3 is 10.2 Å². The summed E-state index contributed by atoms with van der Waals surface area (Å²) in [5.74, 6) is 0. The summed E-state index contributed by atoms with van der Waals surface area (Å²) < 4.78 is 0. The molecular formula is C10H19N3. The van der Waals surface area contributed by atoms with E-state index in [2.05, 4.69) is 23.3 Å². The molecule has 0 spiro atoms. The van der Waals surface area contributed by atoms with Gasteiger partial charge in [0.1, 0.15) is 0 Å². The van der Waals surface area contributed by atoms with Gasteiger partial charge in [-0.2, -0.15) is 5.26 Å². The van der Waals surface area contributed by atoms with E-state index >= 15 is 0 Å². The van der Waals surface area contributed by atoms with Crippen LogP contribution in [0, 0.1) is 11.3 Å². The van der Waals surface area contributed by atoms with Gasteiger partial charge in [0, 0.05) is 19.0 Å². The van der Waals surface area contributed by atoms with E-state index in [1.54, 1.807) is 0 Å². The molecule has 74 valence electrons. The van der Waals surface area contributed by atoms with Crippen molar-refractivity contribution in [1.29, 1.82) is 5.26 Å². The van der Waals surface area contributed by atoms with Crippen LogP contribution >= 0.6 is 0 Å². The lowest BCUT2D eigenvalue weighted by Gasteiger charge is -2.15. The monoisotopic (exact) mass is 181 g/mol. The van der Waals surface area contributed by atoms with Gasteiger partial charge in [-0.25, -0.2) is 0 Å². The number of likely N-dealkylation sites (tertiary alicyclic amines) is 1. The second-order valence-electron chi connectivity index (χ2n) is 3.79. The molecule has 1 N–H and O–H groups in total. The molecule has 1 atom stereocenters. The van der Waals surface area contributed by atoms with Gasteiger partial charge in [0.2, 0.25) is 0 Å². The van der Waals surface area contributed by atoms with Crippen LogP contribution in [0.2, 0.25) is 0 Å². The summed E-state index contributed by atoms with van der Waals surface area (Å²) in [6, 6.07) is 2.80. The van der Waals surface area contributed by atoms with E-state index in [0.29, 0.717) is 12.5 Å². The van der Waals surface area contributed by atoms with Crippen molar-refractivity contribution < 1.29 is 0 Å². The van der Waals surface area contributed by atoms with Crippen LogP contribution in [0.15, 0.2) is 0 Å². The van der Waals surface area contributed by atoms with Crippen molar-refractivity contribution in [3.63, 3.8) is 0 Å². The zero-order valence-electron chi connectivity index (χ0n) is 8.42. The molecule has 1 aliphatic rings. The minimum Gasteiger partial charge on any atom is -0.313 e. The number of hydrogen-bond acceptors (Lipinski definition) is 3. The largest absolute Gasteiger partial charge is 0.313 e. The fourth-order valence-electron chi connectivity index (χ4n) is 1.78.